The lowest BCUT2D eigenvalue weighted by Gasteiger charge is -2.06. The molecule has 1 saturated heterocycles. The molecule has 0 amide bonds. The van der Waals surface area contributed by atoms with E-state index >= 15 is 0 Å². The molecule has 2 atom stereocenters. The van der Waals surface area contributed by atoms with E-state index in [-0.39, 0.29) is 11.9 Å². The van der Waals surface area contributed by atoms with Gasteiger partial charge in [-0.3, -0.25) is 4.79 Å². The second-order valence-corrected chi connectivity index (χ2v) is 2.81. The molecule has 1 heterocycles. The van der Waals surface area contributed by atoms with E-state index < -0.39 is 12.1 Å². The maximum absolute atomic E-state index is 11.0. The van der Waals surface area contributed by atoms with Crippen molar-refractivity contribution >= 4 is 11.9 Å². The third kappa shape index (κ3) is 1.75. The monoisotopic (exact) mass is 172 g/mol. The van der Waals surface area contributed by atoms with Crippen molar-refractivity contribution in [2.75, 3.05) is 6.61 Å². The van der Waals surface area contributed by atoms with Crippen LogP contribution in [0.3, 0.4) is 0 Å². The van der Waals surface area contributed by atoms with Gasteiger partial charge in [-0.2, -0.15) is 0 Å². The summed E-state index contributed by atoms with van der Waals surface area (Å²) in [6.45, 7) is 3.78. The van der Waals surface area contributed by atoms with Gasteiger partial charge in [0.05, 0.1) is 12.5 Å². The van der Waals surface area contributed by atoms with Gasteiger partial charge in [0.25, 0.3) is 0 Å². The molecule has 4 heteroatoms. The summed E-state index contributed by atoms with van der Waals surface area (Å²) >= 11 is 0. The minimum Gasteiger partial charge on any atom is -0.463 e. The Morgan fingerprint density at radius 2 is 2.42 bits per heavy atom. The van der Waals surface area contributed by atoms with Gasteiger partial charge in [0, 0.05) is 6.42 Å². The highest BCUT2D eigenvalue weighted by molar-refractivity contribution is 5.83. The molecule has 0 spiro atoms. The van der Waals surface area contributed by atoms with E-state index in [1.54, 1.807) is 13.8 Å². The maximum Gasteiger partial charge on any atom is 0.347 e. The predicted molar refractivity (Wildman–Crippen MR) is 40.3 cm³/mol. The number of carbonyl (C=O) groups is 2. The second kappa shape index (κ2) is 3.56. The van der Waals surface area contributed by atoms with Crippen LogP contribution in [-0.2, 0) is 19.1 Å². The molecule has 12 heavy (non-hydrogen) atoms. The molecule has 4 nitrogen and oxygen atoms in total. The molecule has 1 rings (SSSR count). The molecule has 0 bridgehead atoms. The van der Waals surface area contributed by atoms with Crippen molar-refractivity contribution in [2.24, 2.45) is 5.92 Å². The minimum atomic E-state index is -0.674. The number of cyclic esters (lactones) is 1. The first-order chi connectivity index (χ1) is 5.65. The molecule has 1 fully saturated rings. The summed E-state index contributed by atoms with van der Waals surface area (Å²) in [7, 11) is 0. The lowest BCUT2D eigenvalue weighted by atomic mass is 10.1. The molecule has 0 aromatic rings. The van der Waals surface area contributed by atoms with Crippen LogP contribution in [0.25, 0.3) is 0 Å². The van der Waals surface area contributed by atoms with Crippen LogP contribution in [0.1, 0.15) is 20.3 Å². The summed E-state index contributed by atoms with van der Waals surface area (Å²) in [6, 6.07) is 0. The fourth-order valence-corrected chi connectivity index (χ4v) is 1.10. The Balaban J connectivity index is 2.46. The molecule has 0 aromatic heterocycles. The highest BCUT2D eigenvalue weighted by Crippen LogP contribution is 2.21. The largest absolute Gasteiger partial charge is 0.463 e. The number of carbonyl (C=O) groups excluding carboxylic acids is 2. The molecule has 1 aliphatic rings. The quantitative estimate of drug-likeness (QED) is 0.569. The Morgan fingerprint density at radius 1 is 1.75 bits per heavy atom. The summed E-state index contributed by atoms with van der Waals surface area (Å²) in [5.41, 5.74) is 0. The Labute approximate surface area is 70.8 Å². The Hall–Kier alpha value is -1.06. The normalized spacial score (nSPS) is 28.3. The van der Waals surface area contributed by atoms with E-state index in [4.69, 9.17) is 9.47 Å². The van der Waals surface area contributed by atoms with E-state index in [2.05, 4.69) is 0 Å². The van der Waals surface area contributed by atoms with Gasteiger partial charge < -0.3 is 9.47 Å². The van der Waals surface area contributed by atoms with Crippen LogP contribution in [-0.4, -0.2) is 24.6 Å². The zero-order valence-corrected chi connectivity index (χ0v) is 7.20. The van der Waals surface area contributed by atoms with E-state index in [1.807, 2.05) is 0 Å². The third-order valence-corrected chi connectivity index (χ3v) is 1.78. The van der Waals surface area contributed by atoms with E-state index in [0.717, 1.165) is 0 Å². The smallest absolute Gasteiger partial charge is 0.347 e. The first kappa shape index (κ1) is 9.03. The van der Waals surface area contributed by atoms with Gasteiger partial charge in [0.15, 0.2) is 6.10 Å². The van der Waals surface area contributed by atoms with Gasteiger partial charge in [0.2, 0.25) is 0 Å². The van der Waals surface area contributed by atoms with Crippen LogP contribution in [0.2, 0.25) is 0 Å². The minimum absolute atomic E-state index is 0.181. The van der Waals surface area contributed by atoms with Crippen molar-refractivity contribution in [3.63, 3.8) is 0 Å². The Morgan fingerprint density at radius 3 is 2.83 bits per heavy atom. The number of ether oxygens (including phenoxy) is 2. The zero-order chi connectivity index (χ0) is 9.14. The zero-order valence-electron chi connectivity index (χ0n) is 7.20. The van der Waals surface area contributed by atoms with Crippen LogP contribution in [0.4, 0.5) is 0 Å². The van der Waals surface area contributed by atoms with Crippen molar-refractivity contribution in [3.8, 4) is 0 Å². The van der Waals surface area contributed by atoms with Crippen molar-refractivity contribution in [1.29, 1.82) is 0 Å². The highest BCUT2D eigenvalue weighted by atomic mass is 16.6. The van der Waals surface area contributed by atoms with Gasteiger partial charge in [-0.05, 0) is 6.92 Å². The molecule has 0 saturated carbocycles. The highest BCUT2D eigenvalue weighted by Gasteiger charge is 2.36. The number of esters is 2. The SMILES string of the molecule is CCOC(=O)[C@@H]1C[C@@H](C)C(=O)O1. The van der Waals surface area contributed by atoms with E-state index in [9.17, 15) is 9.59 Å². The van der Waals surface area contributed by atoms with Crippen LogP contribution in [0.5, 0.6) is 0 Å². The summed E-state index contributed by atoms with van der Waals surface area (Å²) in [6.07, 6.45) is -0.232. The molecular formula is C8H12O4. The molecule has 1 aliphatic heterocycles. The lowest BCUT2D eigenvalue weighted by molar-refractivity contribution is -0.161. The molecule has 0 aliphatic carbocycles. The van der Waals surface area contributed by atoms with Crippen LogP contribution in [0, 0.1) is 5.92 Å². The molecule has 68 valence electrons. The van der Waals surface area contributed by atoms with Crippen molar-refractivity contribution < 1.29 is 19.1 Å². The van der Waals surface area contributed by atoms with Crippen molar-refractivity contribution in [2.45, 2.75) is 26.4 Å². The summed E-state index contributed by atoms with van der Waals surface area (Å²) in [5, 5.41) is 0. The summed E-state index contributed by atoms with van der Waals surface area (Å²) < 4.78 is 9.48. The average Bonchev–Trinajstić information content (AvgIpc) is 2.33. The molecule has 0 N–H and O–H groups in total. The van der Waals surface area contributed by atoms with Crippen molar-refractivity contribution in [3.05, 3.63) is 0 Å². The fourth-order valence-electron chi connectivity index (χ4n) is 1.10. The summed E-state index contributed by atoms with van der Waals surface area (Å²) in [5.74, 6) is -0.928. The standard InChI is InChI=1S/C8H12O4/c1-3-11-8(10)6-4-5(2)7(9)12-6/h5-6H,3-4H2,1-2H3/t5-,6+/m1/s1. The molecular weight excluding hydrogens is 160 g/mol. The van der Waals surface area contributed by atoms with E-state index in [0.29, 0.717) is 13.0 Å². The fraction of sp³-hybridized carbons (Fsp3) is 0.750. The topological polar surface area (TPSA) is 52.6 Å². The first-order valence-electron chi connectivity index (χ1n) is 4.02. The molecule has 0 unspecified atom stereocenters. The third-order valence-electron chi connectivity index (χ3n) is 1.78. The van der Waals surface area contributed by atoms with Crippen LogP contribution in [0.15, 0.2) is 0 Å². The molecule has 0 aromatic carbocycles. The summed E-state index contributed by atoms with van der Waals surface area (Å²) in [4.78, 5) is 21.9. The second-order valence-electron chi connectivity index (χ2n) is 2.81. The number of hydrogen-bond acceptors (Lipinski definition) is 4. The van der Waals surface area contributed by atoms with Crippen molar-refractivity contribution in [1.82, 2.24) is 0 Å². The van der Waals surface area contributed by atoms with Gasteiger partial charge in [0.1, 0.15) is 0 Å². The Bertz CT molecular complexity index is 199. The van der Waals surface area contributed by atoms with Crippen LogP contribution >= 0.6 is 0 Å². The van der Waals surface area contributed by atoms with Gasteiger partial charge >= 0.3 is 11.9 Å². The number of rotatable bonds is 2. The van der Waals surface area contributed by atoms with E-state index in [1.165, 1.54) is 0 Å². The lowest BCUT2D eigenvalue weighted by Crippen LogP contribution is -2.22. The Kier molecular flexibility index (Phi) is 2.68. The maximum atomic E-state index is 11.0. The number of hydrogen-bond donors (Lipinski definition) is 0. The van der Waals surface area contributed by atoms with Gasteiger partial charge in [-0.1, -0.05) is 6.92 Å². The van der Waals surface area contributed by atoms with Crippen LogP contribution < -0.4 is 0 Å². The van der Waals surface area contributed by atoms with Gasteiger partial charge in [-0.25, -0.2) is 4.79 Å². The molecule has 0 radical (unpaired) electrons. The van der Waals surface area contributed by atoms with Gasteiger partial charge in [-0.15, -0.1) is 0 Å². The predicted octanol–water partition coefficient (Wildman–Crippen LogP) is 0.501. The average molecular weight is 172 g/mol. The first-order valence-corrected chi connectivity index (χ1v) is 4.02.